The van der Waals surface area contributed by atoms with Crippen LogP contribution in [-0.2, 0) is 6.42 Å². The van der Waals surface area contributed by atoms with Crippen LogP contribution in [0, 0.1) is 6.92 Å². The molecule has 0 aliphatic rings. The van der Waals surface area contributed by atoms with E-state index in [1.807, 2.05) is 13.0 Å². The average molecular weight is 274 g/mol. The highest BCUT2D eigenvalue weighted by molar-refractivity contribution is 9.10. The van der Waals surface area contributed by atoms with Gasteiger partial charge in [-0.25, -0.2) is 0 Å². The van der Waals surface area contributed by atoms with E-state index < -0.39 is 0 Å². The highest BCUT2D eigenvalue weighted by Gasteiger charge is 2.13. The molecule has 0 bridgehead atoms. The first-order valence-electron chi connectivity index (χ1n) is 4.86. The second-order valence-corrected chi connectivity index (χ2v) is 4.23. The monoisotopic (exact) mass is 273 g/mol. The number of halogens is 1. The molecule has 0 fully saturated rings. The minimum absolute atomic E-state index is 0.239. The molecule has 0 radical (unpaired) electrons. The predicted molar refractivity (Wildman–Crippen MR) is 64.5 cm³/mol. The minimum atomic E-state index is 0.239. The summed E-state index contributed by atoms with van der Waals surface area (Å²) in [6.07, 6.45) is 1.77. The molecule has 1 aromatic rings. The molecule has 84 valence electrons. The molecule has 3 N–H and O–H groups in total. The van der Waals surface area contributed by atoms with Crippen LogP contribution in [-0.4, -0.2) is 18.8 Å². The Morgan fingerprint density at radius 2 is 2.20 bits per heavy atom. The van der Waals surface area contributed by atoms with E-state index in [2.05, 4.69) is 15.9 Å². The van der Waals surface area contributed by atoms with Gasteiger partial charge in [0.2, 0.25) is 0 Å². The van der Waals surface area contributed by atoms with Gasteiger partial charge in [0, 0.05) is 0 Å². The normalized spacial score (nSPS) is 10.4. The van der Waals surface area contributed by atoms with Crippen molar-refractivity contribution in [3.63, 3.8) is 0 Å². The third-order valence-corrected chi connectivity index (χ3v) is 3.05. The Morgan fingerprint density at radius 3 is 2.73 bits per heavy atom. The molecule has 0 unspecified atom stereocenters. The largest absolute Gasteiger partial charge is 0.506 e. The molecule has 0 amide bonds. The molecule has 0 spiro atoms. The summed E-state index contributed by atoms with van der Waals surface area (Å²) in [6, 6.07) is 1.94. The Kier molecular flexibility index (Phi) is 4.42. The third kappa shape index (κ3) is 2.63. The van der Waals surface area contributed by atoms with Crippen molar-refractivity contribution in [1.29, 1.82) is 0 Å². The zero-order valence-corrected chi connectivity index (χ0v) is 10.6. The van der Waals surface area contributed by atoms with Crippen LogP contribution in [0.5, 0.6) is 11.5 Å². The number of phenols is 1. The van der Waals surface area contributed by atoms with Gasteiger partial charge < -0.3 is 15.6 Å². The third-order valence-electron chi connectivity index (χ3n) is 2.32. The maximum Gasteiger partial charge on any atom is 0.140 e. The van der Waals surface area contributed by atoms with Crippen LogP contribution in [0.4, 0.5) is 0 Å². The van der Waals surface area contributed by atoms with Gasteiger partial charge >= 0.3 is 0 Å². The fraction of sp³-hybridized carbons (Fsp3) is 0.455. The van der Waals surface area contributed by atoms with Crippen molar-refractivity contribution < 1.29 is 9.84 Å². The second kappa shape index (κ2) is 5.37. The number of ether oxygens (including phenoxy) is 1. The number of methoxy groups -OCH3 is 1. The molecule has 0 aliphatic carbocycles. The molecule has 0 aliphatic heterocycles. The van der Waals surface area contributed by atoms with Crippen LogP contribution >= 0.6 is 15.9 Å². The number of aromatic hydroxyl groups is 1. The smallest absolute Gasteiger partial charge is 0.140 e. The summed E-state index contributed by atoms with van der Waals surface area (Å²) in [5.74, 6) is 0.940. The highest BCUT2D eigenvalue weighted by Crippen LogP contribution is 2.39. The maximum atomic E-state index is 9.72. The fourth-order valence-corrected chi connectivity index (χ4v) is 2.24. The van der Waals surface area contributed by atoms with Crippen molar-refractivity contribution in [3.8, 4) is 11.5 Å². The number of phenolic OH excluding ortho intramolecular Hbond substituents is 1. The Bertz CT molecular complexity index is 353. The van der Waals surface area contributed by atoms with E-state index in [1.165, 1.54) is 0 Å². The predicted octanol–water partition coefficient (Wildman–Crippen LogP) is 2.36. The quantitative estimate of drug-likeness (QED) is 0.886. The van der Waals surface area contributed by atoms with E-state index in [1.54, 1.807) is 7.11 Å². The van der Waals surface area contributed by atoms with E-state index in [9.17, 15) is 5.11 Å². The van der Waals surface area contributed by atoms with E-state index in [0.29, 0.717) is 16.8 Å². The van der Waals surface area contributed by atoms with Crippen molar-refractivity contribution in [2.75, 3.05) is 13.7 Å². The molecule has 0 atom stereocenters. The minimum Gasteiger partial charge on any atom is -0.506 e. The van der Waals surface area contributed by atoms with Crippen LogP contribution in [0.1, 0.15) is 17.5 Å². The molecule has 1 aromatic carbocycles. The topological polar surface area (TPSA) is 55.5 Å². The van der Waals surface area contributed by atoms with Crippen LogP contribution in [0.25, 0.3) is 0 Å². The molecule has 0 heterocycles. The van der Waals surface area contributed by atoms with Gasteiger partial charge in [0.25, 0.3) is 0 Å². The van der Waals surface area contributed by atoms with Crippen molar-refractivity contribution in [3.05, 3.63) is 21.7 Å². The zero-order valence-electron chi connectivity index (χ0n) is 9.01. The standard InChI is InChI=1S/C11H16BrNO2/c1-7-6-8(4-3-5-13)11(15-2)9(12)10(7)14/h6,14H,3-5,13H2,1-2H3. The number of benzene rings is 1. The lowest BCUT2D eigenvalue weighted by Gasteiger charge is -2.13. The summed E-state index contributed by atoms with van der Waals surface area (Å²) >= 11 is 3.33. The number of hydrogen-bond acceptors (Lipinski definition) is 3. The summed E-state index contributed by atoms with van der Waals surface area (Å²) < 4.78 is 5.88. The van der Waals surface area contributed by atoms with Gasteiger partial charge in [0.15, 0.2) is 0 Å². The molecule has 0 saturated carbocycles. The van der Waals surface area contributed by atoms with Gasteiger partial charge in [-0.1, -0.05) is 0 Å². The molecule has 4 heteroatoms. The summed E-state index contributed by atoms with van der Waals surface area (Å²) in [6.45, 7) is 2.52. The summed E-state index contributed by atoms with van der Waals surface area (Å²) in [4.78, 5) is 0. The van der Waals surface area contributed by atoms with E-state index in [4.69, 9.17) is 10.5 Å². The van der Waals surface area contributed by atoms with Gasteiger partial charge in [-0.3, -0.25) is 0 Å². The van der Waals surface area contributed by atoms with Crippen molar-refractivity contribution in [1.82, 2.24) is 0 Å². The average Bonchev–Trinajstić information content (AvgIpc) is 2.23. The van der Waals surface area contributed by atoms with E-state index in [-0.39, 0.29) is 5.75 Å². The molecule has 1 rings (SSSR count). The summed E-state index contributed by atoms with van der Waals surface area (Å²) in [5.41, 5.74) is 7.39. The molecule has 3 nitrogen and oxygen atoms in total. The Balaban J connectivity index is 3.13. The second-order valence-electron chi connectivity index (χ2n) is 3.44. The van der Waals surface area contributed by atoms with Crippen molar-refractivity contribution >= 4 is 15.9 Å². The van der Waals surface area contributed by atoms with Gasteiger partial charge in [-0.2, -0.15) is 0 Å². The Morgan fingerprint density at radius 1 is 1.53 bits per heavy atom. The van der Waals surface area contributed by atoms with E-state index >= 15 is 0 Å². The lowest BCUT2D eigenvalue weighted by atomic mass is 10.0. The van der Waals surface area contributed by atoms with E-state index in [0.717, 1.165) is 24.0 Å². The number of aryl methyl sites for hydroxylation is 2. The highest BCUT2D eigenvalue weighted by atomic mass is 79.9. The summed E-state index contributed by atoms with van der Waals surface area (Å²) in [7, 11) is 1.60. The lowest BCUT2D eigenvalue weighted by Crippen LogP contribution is -2.02. The van der Waals surface area contributed by atoms with Crippen LogP contribution in [0.15, 0.2) is 10.5 Å². The number of hydrogen-bond donors (Lipinski definition) is 2. The first-order chi connectivity index (χ1) is 7.11. The van der Waals surface area contributed by atoms with Gasteiger partial charge in [0.05, 0.1) is 7.11 Å². The number of rotatable bonds is 4. The van der Waals surface area contributed by atoms with Crippen LogP contribution < -0.4 is 10.5 Å². The van der Waals surface area contributed by atoms with Crippen molar-refractivity contribution in [2.24, 2.45) is 5.73 Å². The Hall–Kier alpha value is -0.740. The molecular weight excluding hydrogens is 258 g/mol. The van der Waals surface area contributed by atoms with Crippen LogP contribution in [0.3, 0.4) is 0 Å². The first-order valence-corrected chi connectivity index (χ1v) is 5.66. The SMILES string of the molecule is COc1c(CCCN)cc(C)c(O)c1Br. The first kappa shape index (κ1) is 12.3. The Labute approximate surface area is 98.4 Å². The molecule has 15 heavy (non-hydrogen) atoms. The van der Waals surface area contributed by atoms with Gasteiger partial charge in [0.1, 0.15) is 16.0 Å². The van der Waals surface area contributed by atoms with Crippen LogP contribution in [0.2, 0.25) is 0 Å². The van der Waals surface area contributed by atoms with Crippen molar-refractivity contribution in [2.45, 2.75) is 19.8 Å². The molecule has 0 aromatic heterocycles. The van der Waals surface area contributed by atoms with Gasteiger partial charge in [-0.15, -0.1) is 0 Å². The molecular formula is C11H16BrNO2. The fourth-order valence-electron chi connectivity index (χ4n) is 1.52. The maximum absolute atomic E-state index is 9.72. The van der Waals surface area contributed by atoms with Gasteiger partial charge in [-0.05, 0) is 59.4 Å². The summed E-state index contributed by atoms with van der Waals surface area (Å²) in [5, 5.41) is 9.72. The molecule has 0 saturated heterocycles. The number of nitrogens with two attached hydrogens (primary N) is 1. The zero-order chi connectivity index (χ0) is 11.4. The lowest BCUT2D eigenvalue weighted by molar-refractivity contribution is 0.397.